The number of nitrogens with one attached hydrogen (secondary N) is 2. The largest absolute Gasteiger partial charge is 0.365 e. The van der Waals surface area contributed by atoms with Crippen LogP contribution in [0.2, 0.25) is 0 Å². The lowest BCUT2D eigenvalue weighted by Crippen LogP contribution is -2.55. The van der Waals surface area contributed by atoms with Gasteiger partial charge in [0.2, 0.25) is 0 Å². The van der Waals surface area contributed by atoms with Gasteiger partial charge in [-0.25, -0.2) is 0 Å². The standard InChI is InChI=1S/C17H21N3O2S2/c1-16(2)8-9-11(13(18)21)15(24-12(9)17(3,4)20-16)19-14(22)10-6-5-7-23-10/h5-7,20H,8H2,1-4H3,(H2,18,21)(H,19,22). The summed E-state index contributed by atoms with van der Waals surface area (Å²) in [6.45, 7) is 8.37. The van der Waals surface area contributed by atoms with Crippen LogP contribution in [0.4, 0.5) is 5.00 Å². The number of primary amides is 1. The average molecular weight is 364 g/mol. The van der Waals surface area contributed by atoms with Crippen LogP contribution in [0.25, 0.3) is 0 Å². The van der Waals surface area contributed by atoms with Gasteiger partial charge in [-0.2, -0.15) is 0 Å². The topological polar surface area (TPSA) is 84.2 Å². The molecular formula is C17H21N3O2S2. The lowest BCUT2D eigenvalue weighted by atomic mass is 9.81. The zero-order valence-corrected chi connectivity index (χ0v) is 15.8. The number of anilines is 1. The van der Waals surface area contributed by atoms with Crippen molar-refractivity contribution < 1.29 is 9.59 Å². The first-order valence-electron chi connectivity index (χ1n) is 7.71. The normalized spacial score (nSPS) is 18.0. The number of thiophene rings is 2. The molecular weight excluding hydrogens is 342 g/mol. The summed E-state index contributed by atoms with van der Waals surface area (Å²) in [7, 11) is 0. The van der Waals surface area contributed by atoms with Crippen LogP contribution < -0.4 is 16.4 Å². The van der Waals surface area contributed by atoms with Crippen molar-refractivity contribution in [2.75, 3.05) is 5.32 Å². The number of hydrogen-bond donors (Lipinski definition) is 3. The summed E-state index contributed by atoms with van der Waals surface area (Å²) in [4.78, 5) is 26.2. The molecule has 0 unspecified atom stereocenters. The summed E-state index contributed by atoms with van der Waals surface area (Å²) >= 11 is 2.80. The van der Waals surface area contributed by atoms with E-state index in [2.05, 4.69) is 38.3 Å². The molecule has 0 fully saturated rings. The molecule has 0 bridgehead atoms. The van der Waals surface area contributed by atoms with Gasteiger partial charge in [0.05, 0.1) is 10.4 Å². The molecule has 0 saturated heterocycles. The Labute approximate surface area is 149 Å². The van der Waals surface area contributed by atoms with E-state index in [1.165, 1.54) is 22.7 Å². The van der Waals surface area contributed by atoms with Crippen molar-refractivity contribution >= 4 is 39.5 Å². The predicted molar refractivity (Wildman–Crippen MR) is 99.1 cm³/mol. The van der Waals surface area contributed by atoms with Crippen molar-refractivity contribution in [1.29, 1.82) is 0 Å². The van der Waals surface area contributed by atoms with Crippen LogP contribution in [-0.4, -0.2) is 17.4 Å². The van der Waals surface area contributed by atoms with E-state index in [1.54, 1.807) is 6.07 Å². The Morgan fingerprint density at radius 2 is 2.00 bits per heavy atom. The van der Waals surface area contributed by atoms with Crippen LogP contribution in [0.1, 0.15) is 58.2 Å². The number of hydrogen-bond acceptors (Lipinski definition) is 5. The molecule has 0 saturated carbocycles. The highest BCUT2D eigenvalue weighted by Crippen LogP contribution is 2.45. The maximum Gasteiger partial charge on any atom is 0.266 e. The first-order chi connectivity index (χ1) is 11.1. The fourth-order valence-corrected chi connectivity index (χ4v) is 5.34. The van der Waals surface area contributed by atoms with Gasteiger partial charge >= 0.3 is 0 Å². The third kappa shape index (κ3) is 2.99. The molecule has 0 aliphatic carbocycles. The van der Waals surface area contributed by atoms with Crippen molar-refractivity contribution in [3.05, 3.63) is 38.4 Å². The Morgan fingerprint density at radius 3 is 2.58 bits per heavy atom. The fraction of sp³-hybridized carbons (Fsp3) is 0.412. The zero-order valence-electron chi connectivity index (χ0n) is 14.1. The summed E-state index contributed by atoms with van der Waals surface area (Å²) in [5, 5.41) is 8.86. The number of rotatable bonds is 3. The number of amides is 2. The van der Waals surface area contributed by atoms with Crippen LogP contribution in [0.5, 0.6) is 0 Å². The Hall–Kier alpha value is -1.70. The first kappa shape index (κ1) is 17.1. The van der Waals surface area contributed by atoms with E-state index in [4.69, 9.17) is 5.73 Å². The number of carbonyl (C=O) groups excluding carboxylic acids is 2. The molecule has 4 N–H and O–H groups in total. The van der Waals surface area contributed by atoms with Crippen molar-refractivity contribution in [2.45, 2.75) is 45.2 Å². The van der Waals surface area contributed by atoms with Crippen molar-refractivity contribution in [1.82, 2.24) is 5.32 Å². The van der Waals surface area contributed by atoms with Gasteiger partial charge in [-0.15, -0.1) is 22.7 Å². The summed E-state index contributed by atoms with van der Waals surface area (Å²) in [6, 6.07) is 3.58. The van der Waals surface area contributed by atoms with Crippen LogP contribution in [0.15, 0.2) is 17.5 Å². The highest BCUT2D eigenvalue weighted by atomic mass is 32.1. The van der Waals surface area contributed by atoms with Gasteiger partial charge in [0.1, 0.15) is 5.00 Å². The molecule has 0 radical (unpaired) electrons. The fourth-order valence-electron chi connectivity index (χ4n) is 3.45. The maximum atomic E-state index is 12.4. The molecule has 2 aromatic heterocycles. The number of nitrogens with two attached hydrogens (primary N) is 1. The van der Waals surface area contributed by atoms with Crippen LogP contribution >= 0.6 is 22.7 Å². The van der Waals surface area contributed by atoms with Gasteiger partial charge in [-0.3, -0.25) is 9.59 Å². The van der Waals surface area contributed by atoms with E-state index < -0.39 is 5.91 Å². The highest BCUT2D eigenvalue weighted by molar-refractivity contribution is 7.17. The molecule has 0 spiro atoms. The van der Waals surface area contributed by atoms with Crippen molar-refractivity contribution in [3.63, 3.8) is 0 Å². The molecule has 3 heterocycles. The highest BCUT2D eigenvalue weighted by Gasteiger charge is 2.41. The lowest BCUT2D eigenvalue weighted by molar-refractivity contribution is 0.0999. The minimum atomic E-state index is -0.498. The molecule has 1 aliphatic rings. The van der Waals surface area contributed by atoms with Gasteiger partial charge < -0.3 is 16.4 Å². The number of carbonyl (C=O) groups is 2. The van der Waals surface area contributed by atoms with Crippen LogP contribution in [-0.2, 0) is 12.0 Å². The third-order valence-corrected chi connectivity index (χ3v) is 6.40. The molecule has 7 heteroatoms. The van der Waals surface area contributed by atoms with E-state index in [-0.39, 0.29) is 17.0 Å². The number of fused-ring (bicyclic) bond motifs is 1. The third-order valence-electron chi connectivity index (χ3n) is 4.06. The summed E-state index contributed by atoms with van der Waals surface area (Å²) in [6.07, 6.45) is 0.690. The Balaban J connectivity index is 2.07. The first-order valence-corrected chi connectivity index (χ1v) is 9.40. The van der Waals surface area contributed by atoms with Crippen LogP contribution in [0.3, 0.4) is 0 Å². The average Bonchev–Trinajstić information content (AvgIpc) is 3.03. The molecule has 1 aliphatic heterocycles. The van der Waals surface area contributed by atoms with Gasteiger partial charge in [-0.1, -0.05) is 6.07 Å². The van der Waals surface area contributed by atoms with Gasteiger partial charge in [0.15, 0.2) is 0 Å². The lowest BCUT2D eigenvalue weighted by Gasteiger charge is -2.42. The van der Waals surface area contributed by atoms with Gasteiger partial charge in [-0.05, 0) is 51.1 Å². The second kappa shape index (κ2) is 5.68. The van der Waals surface area contributed by atoms with E-state index in [9.17, 15) is 9.59 Å². The molecule has 5 nitrogen and oxygen atoms in total. The SMILES string of the molecule is CC1(C)Cc2c(sc(NC(=O)c3cccs3)c2C(N)=O)C(C)(C)N1. The Bertz CT molecular complexity index is 804. The minimum Gasteiger partial charge on any atom is -0.365 e. The molecule has 128 valence electrons. The summed E-state index contributed by atoms with van der Waals surface area (Å²) < 4.78 is 0. The minimum absolute atomic E-state index is 0.156. The van der Waals surface area contributed by atoms with Crippen molar-refractivity contribution in [2.24, 2.45) is 5.73 Å². The van der Waals surface area contributed by atoms with E-state index in [1.807, 2.05) is 11.4 Å². The summed E-state index contributed by atoms with van der Waals surface area (Å²) in [5.41, 5.74) is 6.60. The second-order valence-corrected chi connectivity index (χ2v) is 9.19. The molecule has 24 heavy (non-hydrogen) atoms. The van der Waals surface area contributed by atoms with E-state index >= 15 is 0 Å². The Kier molecular flexibility index (Phi) is 4.06. The maximum absolute atomic E-state index is 12.4. The monoisotopic (exact) mass is 363 g/mol. The molecule has 0 atom stereocenters. The molecule has 2 aromatic rings. The predicted octanol–water partition coefficient (Wildman–Crippen LogP) is 3.32. The zero-order chi connectivity index (χ0) is 17.7. The van der Waals surface area contributed by atoms with E-state index in [0.29, 0.717) is 21.9 Å². The van der Waals surface area contributed by atoms with Crippen LogP contribution in [0, 0.1) is 0 Å². The second-order valence-electron chi connectivity index (χ2n) is 7.22. The smallest absolute Gasteiger partial charge is 0.266 e. The summed E-state index contributed by atoms with van der Waals surface area (Å²) in [5.74, 6) is -0.710. The Morgan fingerprint density at radius 1 is 1.29 bits per heavy atom. The van der Waals surface area contributed by atoms with Gasteiger partial charge in [0.25, 0.3) is 11.8 Å². The van der Waals surface area contributed by atoms with Crippen molar-refractivity contribution in [3.8, 4) is 0 Å². The quantitative estimate of drug-likeness (QED) is 0.782. The molecule has 0 aromatic carbocycles. The molecule has 2 amide bonds. The molecule has 3 rings (SSSR count). The van der Waals surface area contributed by atoms with Gasteiger partial charge in [0, 0.05) is 16.0 Å². The van der Waals surface area contributed by atoms with E-state index in [0.717, 1.165) is 10.4 Å².